The number of halogens is 1. The molecule has 1 rings (SSSR count). The number of para-hydroxylation sites is 1. The summed E-state index contributed by atoms with van der Waals surface area (Å²) in [6, 6.07) is 11.3. The Hall–Kier alpha value is -0.690. The first-order chi connectivity index (χ1) is 4.43. The van der Waals surface area contributed by atoms with Crippen LogP contribution in [-0.4, -0.2) is 0 Å². The van der Waals surface area contributed by atoms with Gasteiger partial charge < -0.3 is 4.74 Å². The highest BCUT2D eigenvalue weighted by molar-refractivity contribution is 6.22. The van der Waals surface area contributed by atoms with Crippen LogP contribution in [0, 0.1) is 6.07 Å². The van der Waals surface area contributed by atoms with E-state index in [4.69, 9.17) is 16.3 Å². The molecular weight excluding hydrogens is 136 g/mol. The molecule has 0 amide bonds. The van der Waals surface area contributed by atoms with Gasteiger partial charge in [-0.1, -0.05) is 29.8 Å². The van der Waals surface area contributed by atoms with Gasteiger partial charge in [0, 0.05) is 0 Å². The summed E-state index contributed by atoms with van der Waals surface area (Å²) in [6.07, 6.45) is 0. The normalized spacial score (nSPS) is 9.00. The molecule has 0 aliphatic carbocycles. The Bertz CT molecular complexity index is 162. The van der Waals surface area contributed by atoms with Crippen molar-refractivity contribution < 1.29 is 4.74 Å². The Balaban J connectivity index is 2.61. The van der Waals surface area contributed by atoms with Crippen LogP contribution in [0.25, 0.3) is 0 Å². The lowest BCUT2D eigenvalue weighted by molar-refractivity contribution is 0.453. The minimum absolute atomic E-state index is 0.701. The number of hydrogen-bond donors (Lipinski definition) is 0. The molecule has 0 aliphatic rings. The molecule has 0 N–H and O–H groups in total. The van der Waals surface area contributed by atoms with E-state index in [1.165, 1.54) is 0 Å². The van der Waals surface area contributed by atoms with E-state index in [2.05, 4.69) is 6.07 Å². The fourth-order valence-corrected chi connectivity index (χ4v) is 0.622. The molecule has 0 bridgehead atoms. The average molecular weight is 141 g/mol. The van der Waals surface area contributed by atoms with Crippen LogP contribution in [-0.2, 0) is 0 Å². The van der Waals surface area contributed by atoms with Gasteiger partial charge in [0.15, 0.2) is 0 Å². The lowest BCUT2D eigenvalue weighted by atomic mass is 10.3. The summed E-state index contributed by atoms with van der Waals surface area (Å²) in [5.41, 5.74) is 0. The van der Waals surface area contributed by atoms with Crippen molar-refractivity contribution in [2.75, 3.05) is 0 Å². The molecule has 9 heavy (non-hydrogen) atoms. The first-order valence-corrected chi connectivity index (χ1v) is 2.89. The molecule has 46 valence electrons. The molecule has 1 aromatic rings. The van der Waals surface area contributed by atoms with Gasteiger partial charge in [0.25, 0.3) is 0 Å². The van der Waals surface area contributed by atoms with Crippen molar-refractivity contribution in [2.45, 2.75) is 0 Å². The monoisotopic (exact) mass is 140 g/mol. The van der Waals surface area contributed by atoms with Gasteiger partial charge in [0.1, 0.15) is 5.75 Å². The van der Waals surface area contributed by atoms with Crippen LogP contribution in [0.5, 0.6) is 5.75 Å². The minimum atomic E-state index is 0.701. The quantitative estimate of drug-likeness (QED) is 0.613. The fraction of sp³-hybridized carbons (Fsp3) is 0. The van der Waals surface area contributed by atoms with Crippen LogP contribution in [0.2, 0.25) is 0 Å². The second-order valence-corrected chi connectivity index (χ2v) is 1.65. The summed E-state index contributed by atoms with van der Waals surface area (Å²) in [7, 11) is 0. The Morgan fingerprint density at radius 3 is 2.44 bits per heavy atom. The van der Waals surface area contributed by atoms with Crippen LogP contribution in [0.15, 0.2) is 30.3 Å². The zero-order valence-electron chi connectivity index (χ0n) is 4.67. The SMILES string of the molecule is Cl[C]Oc1ccccc1. The molecule has 0 atom stereocenters. The average Bonchev–Trinajstić information content (AvgIpc) is 1.91. The van der Waals surface area contributed by atoms with Crippen molar-refractivity contribution in [3.05, 3.63) is 36.4 Å². The summed E-state index contributed by atoms with van der Waals surface area (Å²) in [6.45, 7) is 0. The smallest absolute Gasteiger partial charge is 0.300 e. The van der Waals surface area contributed by atoms with Crippen molar-refractivity contribution >= 4 is 11.6 Å². The third-order valence-electron chi connectivity index (χ3n) is 0.900. The third kappa shape index (κ3) is 1.94. The standard InChI is InChI=1S/C7H5ClO/c8-6-9-7-4-2-1-3-5-7/h1-5H. The lowest BCUT2D eigenvalue weighted by Gasteiger charge is -1.95. The van der Waals surface area contributed by atoms with E-state index in [0.29, 0.717) is 5.75 Å². The Kier molecular flexibility index (Phi) is 2.40. The molecular formula is C7H5ClO. The largest absolute Gasteiger partial charge is 0.460 e. The highest BCUT2D eigenvalue weighted by Gasteiger charge is 1.86. The molecule has 0 saturated carbocycles. The maximum atomic E-state index is 5.06. The van der Waals surface area contributed by atoms with Crippen LogP contribution < -0.4 is 4.74 Å². The zero-order valence-corrected chi connectivity index (χ0v) is 5.43. The van der Waals surface area contributed by atoms with Gasteiger partial charge >= 0.3 is 6.07 Å². The lowest BCUT2D eigenvalue weighted by Crippen LogP contribution is -1.80. The molecule has 2 heteroatoms. The molecule has 1 nitrogen and oxygen atoms in total. The maximum Gasteiger partial charge on any atom is 0.300 e. The maximum absolute atomic E-state index is 5.06. The minimum Gasteiger partial charge on any atom is -0.460 e. The van der Waals surface area contributed by atoms with Gasteiger partial charge in [-0.15, -0.1) is 0 Å². The van der Waals surface area contributed by atoms with E-state index in [1.807, 2.05) is 18.2 Å². The van der Waals surface area contributed by atoms with Gasteiger partial charge in [-0.3, -0.25) is 0 Å². The van der Waals surface area contributed by atoms with Crippen LogP contribution in [0.3, 0.4) is 0 Å². The molecule has 0 aliphatic heterocycles. The second kappa shape index (κ2) is 3.36. The Labute approximate surface area is 59.2 Å². The molecule has 1 aromatic carbocycles. The molecule has 0 heterocycles. The summed E-state index contributed by atoms with van der Waals surface area (Å²) < 4.78 is 4.72. The molecule has 0 spiro atoms. The van der Waals surface area contributed by atoms with Gasteiger partial charge in [0.2, 0.25) is 0 Å². The fourth-order valence-electron chi connectivity index (χ4n) is 0.533. The van der Waals surface area contributed by atoms with Crippen LogP contribution >= 0.6 is 11.6 Å². The summed E-state index contributed by atoms with van der Waals surface area (Å²) in [5.74, 6) is 0.701. The second-order valence-electron chi connectivity index (χ2n) is 1.49. The van der Waals surface area contributed by atoms with E-state index < -0.39 is 0 Å². The molecule has 0 aromatic heterocycles. The Morgan fingerprint density at radius 2 is 1.89 bits per heavy atom. The number of hydrogen-bond acceptors (Lipinski definition) is 1. The molecule has 0 unspecified atom stereocenters. The molecule has 0 saturated heterocycles. The molecule has 0 fully saturated rings. The number of rotatable bonds is 2. The summed E-state index contributed by atoms with van der Waals surface area (Å²) in [5, 5.41) is 0. The van der Waals surface area contributed by atoms with E-state index in [-0.39, 0.29) is 0 Å². The predicted octanol–water partition coefficient (Wildman–Crippen LogP) is 2.30. The first kappa shape index (κ1) is 6.43. The van der Waals surface area contributed by atoms with E-state index in [9.17, 15) is 0 Å². The topological polar surface area (TPSA) is 9.23 Å². The third-order valence-corrected chi connectivity index (χ3v) is 0.977. The van der Waals surface area contributed by atoms with Crippen LogP contribution in [0.4, 0.5) is 0 Å². The predicted molar refractivity (Wildman–Crippen MR) is 36.2 cm³/mol. The summed E-state index contributed by atoms with van der Waals surface area (Å²) >= 11 is 5.06. The van der Waals surface area contributed by atoms with Gasteiger partial charge in [-0.05, 0) is 12.1 Å². The van der Waals surface area contributed by atoms with Crippen molar-refractivity contribution in [2.24, 2.45) is 0 Å². The van der Waals surface area contributed by atoms with E-state index in [1.54, 1.807) is 12.1 Å². The first-order valence-electron chi connectivity index (χ1n) is 2.51. The van der Waals surface area contributed by atoms with E-state index >= 15 is 0 Å². The number of ether oxygens (including phenoxy) is 1. The Morgan fingerprint density at radius 1 is 1.22 bits per heavy atom. The van der Waals surface area contributed by atoms with E-state index in [0.717, 1.165) is 0 Å². The van der Waals surface area contributed by atoms with Gasteiger partial charge in [-0.25, -0.2) is 0 Å². The highest BCUT2D eigenvalue weighted by atomic mass is 35.5. The highest BCUT2D eigenvalue weighted by Crippen LogP contribution is 2.09. The molecule has 2 radical (unpaired) electrons. The summed E-state index contributed by atoms with van der Waals surface area (Å²) in [4.78, 5) is 0. The zero-order chi connectivity index (χ0) is 6.53. The van der Waals surface area contributed by atoms with Crippen LogP contribution in [0.1, 0.15) is 0 Å². The van der Waals surface area contributed by atoms with Crippen molar-refractivity contribution in [3.8, 4) is 5.75 Å². The van der Waals surface area contributed by atoms with Crippen molar-refractivity contribution in [1.82, 2.24) is 0 Å². The van der Waals surface area contributed by atoms with Crippen molar-refractivity contribution in [3.63, 3.8) is 0 Å². The van der Waals surface area contributed by atoms with Gasteiger partial charge in [-0.2, -0.15) is 0 Å². The van der Waals surface area contributed by atoms with Crippen molar-refractivity contribution in [1.29, 1.82) is 0 Å². The van der Waals surface area contributed by atoms with Gasteiger partial charge in [0.05, 0.1) is 0 Å². The number of benzene rings is 1.